The van der Waals surface area contributed by atoms with Gasteiger partial charge in [-0.15, -0.1) is 0 Å². The minimum absolute atomic E-state index is 0.0602. The zero-order valence-electron chi connectivity index (χ0n) is 55.6. The van der Waals surface area contributed by atoms with Gasteiger partial charge < -0.3 is 14.2 Å². The smallest absolute Gasteiger partial charge is 0.306 e. The van der Waals surface area contributed by atoms with E-state index in [1.165, 1.54) is 347 Å². The molecule has 0 aliphatic carbocycles. The fraction of sp³-hybridized carbons (Fsp3) is 0.960. The van der Waals surface area contributed by atoms with Crippen molar-refractivity contribution in [1.29, 1.82) is 0 Å². The number of carbonyl (C=O) groups is 3. The fourth-order valence-corrected chi connectivity index (χ4v) is 12.0. The number of hydrogen-bond donors (Lipinski definition) is 0. The Hall–Kier alpha value is -1.59. The zero-order valence-corrected chi connectivity index (χ0v) is 55.6. The van der Waals surface area contributed by atoms with Gasteiger partial charge in [-0.25, -0.2) is 0 Å². The predicted octanol–water partition coefficient (Wildman–Crippen LogP) is 25.8. The molecule has 0 radical (unpaired) electrons. The molecule has 0 fully saturated rings. The summed E-state index contributed by atoms with van der Waals surface area (Å²) in [5.41, 5.74) is 0. The van der Waals surface area contributed by atoms with Gasteiger partial charge in [0.25, 0.3) is 0 Å². The lowest BCUT2D eigenvalue weighted by atomic mass is 10.0. The maximum Gasteiger partial charge on any atom is 0.306 e. The van der Waals surface area contributed by atoms with Crippen molar-refractivity contribution in [3.05, 3.63) is 0 Å². The second-order valence-electron chi connectivity index (χ2n) is 25.9. The molecule has 0 N–H and O–H groups in total. The highest BCUT2D eigenvalue weighted by Crippen LogP contribution is 2.20. The van der Waals surface area contributed by atoms with Crippen molar-refractivity contribution >= 4 is 17.9 Å². The van der Waals surface area contributed by atoms with E-state index in [0.717, 1.165) is 57.8 Å². The van der Waals surface area contributed by atoms with Gasteiger partial charge >= 0.3 is 17.9 Å². The topological polar surface area (TPSA) is 78.9 Å². The second kappa shape index (κ2) is 70.9. The van der Waals surface area contributed by atoms with E-state index in [0.29, 0.717) is 19.3 Å². The number of carbonyl (C=O) groups excluding carboxylic acids is 3. The first kappa shape index (κ1) is 79.4. The van der Waals surface area contributed by atoms with Crippen LogP contribution in [0.3, 0.4) is 0 Å². The minimum Gasteiger partial charge on any atom is -0.462 e. The third kappa shape index (κ3) is 69.1. The normalized spacial score (nSPS) is 11.9. The van der Waals surface area contributed by atoms with Crippen LogP contribution in [-0.2, 0) is 28.6 Å². The van der Waals surface area contributed by atoms with Crippen LogP contribution in [0.1, 0.15) is 445 Å². The quantitative estimate of drug-likeness (QED) is 0.0343. The molecule has 0 saturated carbocycles. The predicted molar refractivity (Wildman–Crippen MR) is 354 cm³/mol. The summed E-state index contributed by atoms with van der Waals surface area (Å²) in [6.45, 7) is 6.74. The lowest BCUT2D eigenvalue weighted by molar-refractivity contribution is -0.167. The molecule has 0 aromatic rings. The summed E-state index contributed by atoms with van der Waals surface area (Å²) in [5, 5.41) is 0. The molecular weight excluding hydrogens is 997 g/mol. The zero-order chi connectivity index (χ0) is 58.5. The molecule has 482 valence electrons. The first-order chi connectivity index (χ1) is 40.0. The Morgan fingerprint density at radius 3 is 0.494 bits per heavy atom. The number of esters is 3. The van der Waals surface area contributed by atoms with Crippen molar-refractivity contribution in [3.63, 3.8) is 0 Å². The monoisotopic (exact) mass is 1140 g/mol. The van der Waals surface area contributed by atoms with E-state index in [4.69, 9.17) is 14.2 Å². The minimum atomic E-state index is -0.763. The number of rotatable bonds is 71. The molecule has 0 aliphatic rings. The first-order valence-electron chi connectivity index (χ1n) is 37.5. The van der Waals surface area contributed by atoms with Crippen molar-refractivity contribution < 1.29 is 28.6 Å². The van der Waals surface area contributed by atoms with Crippen LogP contribution >= 0.6 is 0 Å². The molecule has 81 heavy (non-hydrogen) atoms. The van der Waals surface area contributed by atoms with E-state index in [9.17, 15) is 14.4 Å². The van der Waals surface area contributed by atoms with Gasteiger partial charge in [-0.1, -0.05) is 406 Å². The third-order valence-corrected chi connectivity index (χ3v) is 17.6. The van der Waals surface area contributed by atoms with E-state index in [1.807, 2.05) is 0 Å². The molecule has 0 spiro atoms. The summed E-state index contributed by atoms with van der Waals surface area (Å²) < 4.78 is 17.0. The standard InChI is InChI=1S/C75H146O6/c1-4-7-10-13-16-19-22-25-28-29-30-31-32-33-34-35-36-37-38-39-40-41-42-43-44-45-48-50-53-56-59-62-65-68-74(77)80-71-72(81-75(78)69-66-63-60-57-54-51-47-27-24-21-18-15-12-9-6-3)70-79-73(76)67-64-61-58-55-52-49-46-26-23-20-17-14-11-8-5-2/h72H,4-71H2,1-3H3. The molecule has 0 aliphatic heterocycles. The third-order valence-electron chi connectivity index (χ3n) is 17.6. The number of hydrogen-bond acceptors (Lipinski definition) is 6. The average Bonchev–Trinajstić information content (AvgIpc) is 3.47. The Balaban J connectivity index is 4.06. The van der Waals surface area contributed by atoms with Gasteiger partial charge in [-0.05, 0) is 19.3 Å². The van der Waals surface area contributed by atoms with Crippen LogP contribution in [0.5, 0.6) is 0 Å². The lowest BCUT2D eigenvalue weighted by Gasteiger charge is -2.18. The molecule has 0 aromatic heterocycles. The largest absolute Gasteiger partial charge is 0.462 e. The van der Waals surface area contributed by atoms with Crippen LogP contribution in [0.2, 0.25) is 0 Å². The van der Waals surface area contributed by atoms with Gasteiger partial charge in [0.15, 0.2) is 6.10 Å². The Bertz CT molecular complexity index is 1220. The molecular formula is C75H146O6. The van der Waals surface area contributed by atoms with Gasteiger partial charge in [-0.2, -0.15) is 0 Å². The lowest BCUT2D eigenvalue weighted by Crippen LogP contribution is -2.30. The average molecular weight is 1140 g/mol. The summed E-state index contributed by atoms with van der Waals surface area (Å²) >= 11 is 0. The Morgan fingerprint density at radius 1 is 0.198 bits per heavy atom. The van der Waals surface area contributed by atoms with Crippen molar-refractivity contribution in [3.8, 4) is 0 Å². The highest BCUT2D eigenvalue weighted by molar-refractivity contribution is 5.71. The molecule has 0 bridgehead atoms. The van der Waals surface area contributed by atoms with Gasteiger partial charge in [0.1, 0.15) is 13.2 Å². The number of unbranched alkanes of at least 4 members (excludes halogenated alkanes) is 60. The molecule has 6 nitrogen and oxygen atoms in total. The Morgan fingerprint density at radius 2 is 0.333 bits per heavy atom. The molecule has 0 heterocycles. The van der Waals surface area contributed by atoms with Crippen LogP contribution in [0.25, 0.3) is 0 Å². The highest BCUT2D eigenvalue weighted by Gasteiger charge is 2.20. The summed E-state index contributed by atoms with van der Waals surface area (Å²) in [6.07, 6.45) is 84.5. The van der Waals surface area contributed by atoms with Crippen molar-refractivity contribution in [2.45, 2.75) is 451 Å². The van der Waals surface area contributed by atoms with Crippen LogP contribution in [0.4, 0.5) is 0 Å². The van der Waals surface area contributed by atoms with E-state index in [2.05, 4.69) is 20.8 Å². The van der Waals surface area contributed by atoms with Crippen LogP contribution < -0.4 is 0 Å². The van der Waals surface area contributed by atoms with E-state index < -0.39 is 6.10 Å². The van der Waals surface area contributed by atoms with Crippen molar-refractivity contribution in [1.82, 2.24) is 0 Å². The Labute approximate surface area is 508 Å². The van der Waals surface area contributed by atoms with Gasteiger partial charge in [0, 0.05) is 19.3 Å². The number of ether oxygens (including phenoxy) is 3. The van der Waals surface area contributed by atoms with E-state index in [-0.39, 0.29) is 31.1 Å². The van der Waals surface area contributed by atoms with Gasteiger partial charge in [0.05, 0.1) is 0 Å². The van der Waals surface area contributed by atoms with E-state index >= 15 is 0 Å². The molecule has 1 atom stereocenters. The summed E-state index contributed by atoms with van der Waals surface area (Å²) in [5.74, 6) is -0.819. The van der Waals surface area contributed by atoms with E-state index in [1.54, 1.807) is 0 Å². The van der Waals surface area contributed by atoms with Gasteiger partial charge in [-0.3, -0.25) is 14.4 Å². The van der Waals surface area contributed by atoms with Crippen molar-refractivity contribution in [2.24, 2.45) is 0 Å². The SMILES string of the molecule is CCCCCCCCCCCCCCCCCCCCCCCCCCCCCCCCCCCC(=O)OCC(COC(=O)CCCCCCCCCCCCCCCCC)OC(=O)CCCCCCCCCCCCCCCCC. The summed E-state index contributed by atoms with van der Waals surface area (Å²) in [6, 6.07) is 0. The first-order valence-corrected chi connectivity index (χ1v) is 37.5. The van der Waals surface area contributed by atoms with Crippen LogP contribution in [-0.4, -0.2) is 37.2 Å². The summed E-state index contributed by atoms with van der Waals surface area (Å²) in [7, 11) is 0. The Kier molecular flexibility index (Phi) is 69.5. The van der Waals surface area contributed by atoms with Gasteiger partial charge in [0.2, 0.25) is 0 Å². The fourth-order valence-electron chi connectivity index (χ4n) is 12.0. The molecule has 0 saturated heterocycles. The molecule has 0 amide bonds. The molecule has 6 heteroatoms. The van der Waals surface area contributed by atoms with Crippen LogP contribution in [0.15, 0.2) is 0 Å². The highest BCUT2D eigenvalue weighted by atomic mass is 16.6. The molecule has 0 rings (SSSR count). The molecule has 1 unspecified atom stereocenters. The maximum absolute atomic E-state index is 12.9. The van der Waals surface area contributed by atoms with Crippen molar-refractivity contribution in [2.75, 3.05) is 13.2 Å². The maximum atomic E-state index is 12.9. The second-order valence-corrected chi connectivity index (χ2v) is 25.9. The van der Waals surface area contributed by atoms with Crippen LogP contribution in [0, 0.1) is 0 Å². The molecule has 0 aromatic carbocycles. The summed E-state index contributed by atoms with van der Waals surface area (Å²) in [4.78, 5) is 38.4.